The lowest BCUT2D eigenvalue weighted by atomic mass is 10.0. The first kappa shape index (κ1) is 12.5. The summed E-state index contributed by atoms with van der Waals surface area (Å²) in [6, 6.07) is 3.33. The van der Waals surface area contributed by atoms with Crippen LogP contribution < -0.4 is 0 Å². The number of halogens is 1. The third kappa shape index (κ3) is 3.79. The van der Waals surface area contributed by atoms with Gasteiger partial charge in [0.2, 0.25) is 0 Å². The second-order valence-corrected chi connectivity index (χ2v) is 4.70. The van der Waals surface area contributed by atoms with Gasteiger partial charge in [-0.25, -0.2) is 4.98 Å². The Morgan fingerprint density at radius 3 is 3.18 bits per heavy atom. The molecule has 0 bridgehead atoms. The van der Waals surface area contributed by atoms with E-state index in [2.05, 4.69) is 4.98 Å². The number of ketones is 1. The molecule has 1 unspecified atom stereocenters. The molecule has 4 heteroatoms. The van der Waals surface area contributed by atoms with Crippen molar-refractivity contribution in [1.29, 1.82) is 0 Å². The Balaban J connectivity index is 1.77. The molecule has 0 radical (unpaired) electrons. The van der Waals surface area contributed by atoms with Crippen LogP contribution in [0, 0.1) is 0 Å². The highest BCUT2D eigenvalue weighted by Gasteiger charge is 2.15. The van der Waals surface area contributed by atoms with Gasteiger partial charge in [-0.3, -0.25) is 4.79 Å². The van der Waals surface area contributed by atoms with Gasteiger partial charge in [0.05, 0.1) is 6.10 Å². The van der Waals surface area contributed by atoms with Gasteiger partial charge >= 0.3 is 0 Å². The predicted molar refractivity (Wildman–Crippen MR) is 66.4 cm³/mol. The first-order valence-electron chi connectivity index (χ1n) is 6.02. The summed E-state index contributed by atoms with van der Waals surface area (Å²) >= 11 is 5.74. The lowest BCUT2D eigenvalue weighted by Gasteiger charge is -2.08. The fourth-order valence-corrected chi connectivity index (χ4v) is 2.26. The van der Waals surface area contributed by atoms with Crippen molar-refractivity contribution < 1.29 is 9.53 Å². The Bertz CT molecular complexity index is 389. The van der Waals surface area contributed by atoms with Crippen LogP contribution >= 0.6 is 11.6 Å². The number of ether oxygens (including phenoxy) is 1. The van der Waals surface area contributed by atoms with Crippen LogP contribution in [0.3, 0.4) is 0 Å². The van der Waals surface area contributed by atoms with Gasteiger partial charge in [-0.05, 0) is 37.8 Å². The van der Waals surface area contributed by atoms with Gasteiger partial charge in [0.25, 0.3) is 0 Å². The maximum Gasteiger partial charge on any atom is 0.163 e. The topological polar surface area (TPSA) is 39.2 Å². The fraction of sp³-hybridized carbons (Fsp3) is 0.538. The monoisotopic (exact) mass is 253 g/mol. The van der Waals surface area contributed by atoms with E-state index in [-0.39, 0.29) is 5.78 Å². The minimum atomic E-state index is 0.132. The molecule has 17 heavy (non-hydrogen) atoms. The van der Waals surface area contributed by atoms with E-state index in [1.807, 2.05) is 0 Å². The number of hydrogen-bond acceptors (Lipinski definition) is 3. The molecule has 1 aliphatic rings. The summed E-state index contributed by atoms with van der Waals surface area (Å²) in [6.45, 7) is 0.874. The highest BCUT2D eigenvalue weighted by Crippen LogP contribution is 2.18. The SMILES string of the molecule is O=C(CCCC1CCCO1)c1ccnc(Cl)c1. The maximum absolute atomic E-state index is 11.8. The number of Topliss-reactive ketones (excluding diaryl/α,β-unsaturated/α-hetero) is 1. The number of pyridine rings is 1. The molecule has 1 aromatic rings. The molecule has 0 N–H and O–H groups in total. The van der Waals surface area contributed by atoms with Gasteiger partial charge in [0.1, 0.15) is 5.15 Å². The minimum Gasteiger partial charge on any atom is -0.378 e. The largest absolute Gasteiger partial charge is 0.378 e. The van der Waals surface area contributed by atoms with Crippen LogP contribution in [0.4, 0.5) is 0 Å². The Morgan fingerprint density at radius 2 is 2.47 bits per heavy atom. The summed E-state index contributed by atoms with van der Waals surface area (Å²) in [7, 11) is 0. The number of carbonyl (C=O) groups excluding carboxylic acids is 1. The zero-order valence-corrected chi connectivity index (χ0v) is 10.4. The number of carbonyl (C=O) groups is 1. The van der Waals surface area contributed by atoms with Crippen molar-refractivity contribution in [3.63, 3.8) is 0 Å². The summed E-state index contributed by atoms with van der Waals surface area (Å²) in [5, 5.41) is 0.370. The summed E-state index contributed by atoms with van der Waals surface area (Å²) in [5.41, 5.74) is 0.650. The van der Waals surface area contributed by atoms with Crippen LogP contribution in [0.15, 0.2) is 18.3 Å². The Morgan fingerprint density at radius 1 is 1.59 bits per heavy atom. The highest BCUT2D eigenvalue weighted by atomic mass is 35.5. The van der Waals surface area contributed by atoms with Crippen LogP contribution in [0.2, 0.25) is 5.15 Å². The summed E-state index contributed by atoms with van der Waals surface area (Å²) in [4.78, 5) is 15.7. The van der Waals surface area contributed by atoms with Crippen LogP contribution in [-0.2, 0) is 4.74 Å². The first-order valence-corrected chi connectivity index (χ1v) is 6.40. The van der Waals surface area contributed by atoms with Crippen LogP contribution in [-0.4, -0.2) is 23.5 Å². The Kier molecular flexibility index (Phi) is 4.51. The van der Waals surface area contributed by atoms with E-state index < -0.39 is 0 Å². The normalized spacial score (nSPS) is 19.5. The van der Waals surface area contributed by atoms with Crippen molar-refractivity contribution in [2.45, 2.75) is 38.2 Å². The number of aromatic nitrogens is 1. The van der Waals surface area contributed by atoms with E-state index in [9.17, 15) is 4.79 Å². The standard InChI is InChI=1S/C13H16ClNO2/c14-13-9-10(6-7-15-13)12(16)5-1-3-11-4-2-8-17-11/h6-7,9,11H,1-5,8H2. The first-order chi connectivity index (χ1) is 8.25. The molecule has 1 saturated heterocycles. The molecule has 92 valence electrons. The van der Waals surface area contributed by atoms with Crippen molar-refractivity contribution in [2.24, 2.45) is 0 Å². The molecule has 1 aliphatic heterocycles. The highest BCUT2D eigenvalue weighted by molar-refractivity contribution is 6.29. The Labute approximate surface area is 106 Å². The molecule has 2 rings (SSSR count). The fourth-order valence-electron chi connectivity index (χ4n) is 2.08. The number of nitrogens with zero attached hydrogens (tertiary/aromatic N) is 1. The molecule has 0 amide bonds. The molecule has 0 aromatic carbocycles. The molecular formula is C13H16ClNO2. The van der Waals surface area contributed by atoms with E-state index in [1.165, 1.54) is 0 Å². The summed E-state index contributed by atoms with van der Waals surface area (Å²) in [6.07, 6.45) is 6.63. The van der Waals surface area contributed by atoms with Gasteiger partial charge in [-0.1, -0.05) is 11.6 Å². The minimum absolute atomic E-state index is 0.132. The molecule has 0 spiro atoms. The number of rotatable bonds is 5. The molecular weight excluding hydrogens is 238 g/mol. The average Bonchev–Trinajstić information content (AvgIpc) is 2.82. The van der Waals surface area contributed by atoms with Crippen LogP contribution in [0.5, 0.6) is 0 Å². The van der Waals surface area contributed by atoms with E-state index in [1.54, 1.807) is 18.3 Å². The molecule has 1 fully saturated rings. The average molecular weight is 254 g/mol. The zero-order chi connectivity index (χ0) is 12.1. The quantitative estimate of drug-likeness (QED) is 0.597. The lowest BCUT2D eigenvalue weighted by molar-refractivity contribution is 0.0922. The van der Waals surface area contributed by atoms with Crippen molar-refractivity contribution in [2.75, 3.05) is 6.61 Å². The molecule has 2 heterocycles. The van der Waals surface area contributed by atoms with Crippen molar-refractivity contribution in [3.05, 3.63) is 29.0 Å². The molecule has 3 nitrogen and oxygen atoms in total. The maximum atomic E-state index is 11.8. The number of hydrogen-bond donors (Lipinski definition) is 0. The van der Waals surface area contributed by atoms with Crippen molar-refractivity contribution >= 4 is 17.4 Å². The zero-order valence-electron chi connectivity index (χ0n) is 9.69. The van der Waals surface area contributed by atoms with E-state index in [0.29, 0.717) is 23.2 Å². The second-order valence-electron chi connectivity index (χ2n) is 4.32. The third-order valence-corrected chi connectivity index (χ3v) is 3.21. The molecule has 1 aromatic heterocycles. The van der Waals surface area contributed by atoms with E-state index >= 15 is 0 Å². The van der Waals surface area contributed by atoms with Crippen LogP contribution in [0.25, 0.3) is 0 Å². The smallest absolute Gasteiger partial charge is 0.163 e. The Hall–Kier alpha value is -0.930. The predicted octanol–water partition coefficient (Wildman–Crippen LogP) is 3.27. The van der Waals surface area contributed by atoms with Crippen molar-refractivity contribution in [3.8, 4) is 0 Å². The van der Waals surface area contributed by atoms with Crippen LogP contribution in [0.1, 0.15) is 42.5 Å². The van der Waals surface area contributed by atoms with E-state index in [0.717, 1.165) is 32.3 Å². The van der Waals surface area contributed by atoms with Gasteiger partial charge in [0.15, 0.2) is 5.78 Å². The molecule has 0 aliphatic carbocycles. The van der Waals surface area contributed by atoms with Gasteiger partial charge in [-0.15, -0.1) is 0 Å². The third-order valence-electron chi connectivity index (χ3n) is 3.00. The van der Waals surface area contributed by atoms with Crippen molar-refractivity contribution in [1.82, 2.24) is 4.98 Å². The molecule has 1 atom stereocenters. The van der Waals surface area contributed by atoms with E-state index in [4.69, 9.17) is 16.3 Å². The van der Waals surface area contributed by atoms with Gasteiger partial charge in [0, 0.05) is 24.8 Å². The lowest BCUT2D eigenvalue weighted by Crippen LogP contribution is -2.06. The summed E-state index contributed by atoms with van der Waals surface area (Å²) < 4.78 is 5.52. The summed E-state index contributed by atoms with van der Waals surface area (Å²) in [5.74, 6) is 0.132. The second kappa shape index (κ2) is 6.12. The molecule has 0 saturated carbocycles. The van der Waals surface area contributed by atoms with Gasteiger partial charge < -0.3 is 4.74 Å². The van der Waals surface area contributed by atoms with Gasteiger partial charge in [-0.2, -0.15) is 0 Å².